The zero-order valence-corrected chi connectivity index (χ0v) is 24.2. The minimum atomic E-state index is -0.602. The fourth-order valence-corrected chi connectivity index (χ4v) is 4.18. The number of hydrogen-bond donors (Lipinski definition) is 2. The van der Waals surface area contributed by atoms with E-state index in [1.54, 1.807) is 11.9 Å². The van der Waals surface area contributed by atoms with Gasteiger partial charge in [0.05, 0.1) is 5.92 Å². The van der Waals surface area contributed by atoms with Crippen LogP contribution in [0.4, 0.5) is 4.79 Å². The molecule has 0 aromatic carbocycles. The van der Waals surface area contributed by atoms with E-state index in [1.165, 1.54) is 6.42 Å². The highest BCUT2D eigenvalue weighted by atomic mass is 16.6. The van der Waals surface area contributed by atoms with Gasteiger partial charge in [-0.3, -0.25) is 9.59 Å². The summed E-state index contributed by atoms with van der Waals surface area (Å²) in [6, 6.07) is 0. The maximum atomic E-state index is 12.3. The van der Waals surface area contributed by atoms with Crippen molar-refractivity contribution in [1.82, 2.24) is 10.2 Å². The van der Waals surface area contributed by atoms with E-state index in [-0.39, 0.29) is 18.6 Å². The van der Waals surface area contributed by atoms with Crippen LogP contribution in [-0.2, 0) is 14.3 Å². The molecule has 0 atom stereocenters. The lowest BCUT2D eigenvalue weighted by Crippen LogP contribution is -2.30. The van der Waals surface area contributed by atoms with Gasteiger partial charge in [0.25, 0.3) is 0 Å². The summed E-state index contributed by atoms with van der Waals surface area (Å²) < 4.78 is 7.69. The highest BCUT2D eigenvalue weighted by Gasteiger charge is 2.20. The minimum absolute atomic E-state index is 0.0289. The van der Waals surface area contributed by atoms with Crippen LogP contribution in [0.15, 0.2) is 46.7 Å². The summed E-state index contributed by atoms with van der Waals surface area (Å²) in [5.41, 5.74) is 4.63. The molecule has 2 aliphatic rings. The lowest BCUT2D eigenvalue weighted by molar-refractivity contribution is -0.493. The van der Waals surface area contributed by atoms with Crippen LogP contribution >= 0.6 is 0 Å². The average Bonchev–Trinajstić information content (AvgIpc) is 2.89. The molecule has 2 N–H and O–H groups in total. The van der Waals surface area contributed by atoms with E-state index in [9.17, 15) is 14.4 Å². The predicted octanol–water partition coefficient (Wildman–Crippen LogP) is 5.32. The molecule has 0 bridgehead atoms. The number of carboxylic acids is 1. The number of rotatable bonds is 11. The molecule has 212 valence electrons. The van der Waals surface area contributed by atoms with E-state index in [2.05, 4.69) is 36.5 Å². The van der Waals surface area contributed by atoms with Gasteiger partial charge in [0.2, 0.25) is 6.41 Å². The molecule has 0 aromatic heterocycles. The Labute approximate surface area is 228 Å². The third kappa shape index (κ3) is 12.4. The predicted molar refractivity (Wildman–Crippen MR) is 152 cm³/mol. The number of hydrogen-bond acceptors (Lipinski definition) is 4. The van der Waals surface area contributed by atoms with Gasteiger partial charge in [0.1, 0.15) is 20.2 Å². The maximum absolute atomic E-state index is 12.3. The Morgan fingerprint density at radius 3 is 2.42 bits per heavy atom. The van der Waals surface area contributed by atoms with E-state index in [1.807, 2.05) is 33.0 Å². The van der Waals surface area contributed by atoms with Gasteiger partial charge < -0.3 is 20.1 Å². The maximum Gasteiger partial charge on any atom is 0.409 e. The monoisotopic (exact) mass is 530 g/mol. The van der Waals surface area contributed by atoms with Gasteiger partial charge in [-0.1, -0.05) is 45.8 Å². The number of ether oxygens (including phenoxy) is 1. The summed E-state index contributed by atoms with van der Waals surface area (Å²) in [4.78, 5) is 35.0. The summed E-state index contributed by atoms with van der Waals surface area (Å²) in [6.45, 7) is 13.8. The zero-order chi connectivity index (χ0) is 28.7. The van der Waals surface area contributed by atoms with E-state index in [4.69, 9.17) is 9.84 Å². The van der Waals surface area contributed by atoms with Crippen molar-refractivity contribution < 1.29 is 28.8 Å². The molecule has 0 unspecified atom stereocenters. The molecule has 2 rings (SSSR count). The molecular formula is C30H48N3O5+. The summed E-state index contributed by atoms with van der Waals surface area (Å²) in [5, 5.41) is 11.2. The highest BCUT2D eigenvalue weighted by Crippen LogP contribution is 2.23. The zero-order valence-electron chi connectivity index (χ0n) is 24.2. The molecular weight excluding hydrogens is 482 g/mol. The van der Waals surface area contributed by atoms with Gasteiger partial charge in [-0.25, -0.2) is 9.37 Å². The Kier molecular flexibility index (Phi) is 15.0. The molecule has 1 aliphatic heterocycles. The first-order chi connectivity index (χ1) is 18.0. The van der Waals surface area contributed by atoms with Gasteiger partial charge in [0, 0.05) is 31.3 Å². The molecule has 1 heterocycles. The molecule has 2 amide bonds. The van der Waals surface area contributed by atoms with E-state index >= 15 is 0 Å². The molecule has 1 aliphatic carbocycles. The second-order valence-electron chi connectivity index (χ2n) is 10.7. The summed E-state index contributed by atoms with van der Waals surface area (Å²) in [5.74, 6) is -0.0878. The number of allylic oxidation sites excluding steroid dienone is 5. The topological polar surface area (TPSA) is 99.0 Å². The third-order valence-electron chi connectivity index (χ3n) is 6.77. The Morgan fingerprint density at radius 1 is 1.24 bits per heavy atom. The molecule has 0 aromatic rings. The molecule has 8 nitrogen and oxygen atoms in total. The van der Waals surface area contributed by atoms with Crippen molar-refractivity contribution >= 4 is 24.7 Å². The van der Waals surface area contributed by atoms with Crippen molar-refractivity contribution in [2.75, 3.05) is 33.8 Å². The van der Waals surface area contributed by atoms with Gasteiger partial charge in [-0.05, 0) is 61.8 Å². The molecule has 0 radical (unpaired) electrons. The molecule has 1 saturated carbocycles. The van der Waals surface area contributed by atoms with Gasteiger partial charge in [-0.2, -0.15) is 0 Å². The number of carboxylic acid groups (broad SMARTS) is 1. The van der Waals surface area contributed by atoms with E-state index < -0.39 is 5.97 Å². The van der Waals surface area contributed by atoms with Crippen LogP contribution in [0.2, 0.25) is 0 Å². The fourth-order valence-electron chi connectivity index (χ4n) is 4.18. The normalized spacial score (nSPS) is 16.8. The SMILES string of the molecule is C=C(C)/C(=C\C=C(/C)C1=C(COC(=O)N(C)CCC(C)C)CC[N+](C)=C1)NC=O.O=C(O)C1CCCCC1. The number of nitrogens with one attached hydrogen (secondary N) is 1. The molecule has 38 heavy (non-hydrogen) atoms. The van der Waals surface area contributed by atoms with Crippen molar-refractivity contribution in [2.24, 2.45) is 11.8 Å². The van der Waals surface area contributed by atoms with Crippen LogP contribution in [-0.4, -0.2) is 73.1 Å². The quantitative estimate of drug-likeness (QED) is 0.214. The number of amides is 2. The largest absolute Gasteiger partial charge is 0.481 e. The van der Waals surface area contributed by atoms with Crippen molar-refractivity contribution in [2.45, 2.75) is 72.6 Å². The summed E-state index contributed by atoms with van der Waals surface area (Å²) >= 11 is 0. The molecule has 8 heteroatoms. The van der Waals surface area contributed by atoms with Crippen molar-refractivity contribution in [3.8, 4) is 0 Å². The Morgan fingerprint density at radius 2 is 1.89 bits per heavy atom. The van der Waals surface area contributed by atoms with Crippen LogP contribution in [0.25, 0.3) is 0 Å². The van der Waals surface area contributed by atoms with Crippen LogP contribution in [0.5, 0.6) is 0 Å². The lowest BCUT2D eigenvalue weighted by atomic mass is 9.90. The third-order valence-corrected chi connectivity index (χ3v) is 6.77. The van der Waals surface area contributed by atoms with E-state index in [0.717, 1.165) is 67.4 Å². The van der Waals surface area contributed by atoms with Crippen LogP contribution in [0.1, 0.15) is 72.6 Å². The Balaban J connectivity index is 0.000000671. The number of carbonyl (C=O) groups excluding carboxylic acids is 2. The summed E-state index contributed by atoms with van der Waals surface area (Å²) in [7, 11) is 3.80. The lowest BCUT2D eigenvalue weighted by Gasteiger charge is -2.20. The van der Waals surface area contributed by atoms with Crippen LogP contribution in [0.3, 0.4) is 0 Å². The Hall–Kier alpha value is -3.16. The smallest absolute Gasteiger partial charge is 0.409 e. The molecule has 0 saturated heterocycles. The van der Waals surface area contributed by atoms with Crippen LogP contribution in [0, 0.1) is 11.8 Å². The first kappa shape index (κ1) is 32.9. The van der Waals surface area contributed by atoms with Gasteiger partial charge in [-0.15, -0.1) is 0 Å². The average molecular weight is 531 g/mol. The van der Waals surface area contributed by atoms with Crippen molar-refractivity contribution in [3.05, 3.63) is 46.7 Å². The number of carbonyl (C=O) groups is 3. The van der Waals surface area contributed by atoms with Crippen molar-refractivity contribution in [1.29, 1.82) is 0 Å². The highest BCUT2D eigenvalue weighted by molar-refractivity contribution is 5.83. The van der Waals surface area contributed by atoms with Crippen LogP contribution < -0.4 is 5.32 Å². The number of aliphatic carboxylic acids is 1. The first-order valence-electron chi connectivity index (χ1n) is 13.6. The van der Waals surface area contributed by atoms with Crippen molar-refractivity contribution in [3.63, 3.8) is 0 Å². The Bertz CT molecular complexity index is 953. The second kappa shape index (κ2) is 17.4. The molecule has 0 spiro atoms. The molecule has 1 fully saturated rings. The minimum Gasteiger partial charge on any atom is -0.481 e. The van der Waals surface area contributed by atoms with E-state index in [0.29, 0.717) is 24.6 Å². The summed E-state index contributed by atoms with van der Waals surface area (Å²) in [6.07, 6.45) is 13.2. The fraction of sp³-hybridized carbons (Fsp3) is 0.600. The standard InChI is InChI=1S/C23H35N3O3.C7H12O2/c1-17(2)10-13-26(7)23(28)29-15-20-11-12-25(6)14-21(20)19(5)8-9-22(18(3)4)24-16-27;8-7(9)6-4-2-1-3-5-6/h8-9,14,16-17H,3,10-13,15H2,1-2,4-7H3;6H,1-5H2,(H,8,9)/p+1/b19-8+,22-9+;. The van der Waals surface area contributed by atoms with Gasteiger partial charge in [0.15, 0.2) is 6.21 Å². The second-order valence-corrected chi connectivity index (χ2v) is 10.7. The van der Waals surface area contributed by atoms with Gasteiger partial charge >= 0.3 is 12.1 Å². The first-order valence-corrected chi connectivity index (χ1v) is 13.6. The number of nitrogens with zero attached hydrogens (tertiary/aromatic N) is 2.